The minimum absolute atomic E-state index is 0.593. The summed E-state index contributed by atoms with van der Waals surface area (Å²) >= 11 is 1.90. The number of hydrogen-bond donors (Lipinski definition) is 0. The van der Waals surface area contributed by atoms with E-state index < -0.39 is 0 Å². The van der Waals surface area contributed by atoms with E-state index in [9.17, 15) is 0 Å². The number of aliphatic imine (C=N–C) groups is 1. The van der Waals surface area contributed by atoms with E-state index in [4.69, 9.17) is 4.52 Å². The lowest BCUT2D eigenvalue weighted by atomic mass is 10.2. The van der Waals surface area contributed by atoms with Gasteiger partial charge in [0.05, 0.1) is 13.1 Å². The molecule has 2 aliphatic rings. The zero-order chi connectivity index (χ0) is 16.4. The third-order valence-electron chi connectivity index (χ3n) is 4.29. The van der Waals surface area contributed by atoms with Crippen molar-refractivity contribution in [2.24, 2.45) is 4.99 Å². The van der Waals surface area contributed by atoms with Gasteiger partial charge in [0.25, 0.3) is 5.89 Å². The summed E-state index contributed by atoms with van der Waals surface area (Å²) < 4.78 is 5.39. The van der Waals surface area contributed by atoms with Gasteiger partial charge in [0, 0.05) is 37.0 Å². The van der Waals surface area contributed by atoms with Crippen LogP contribution in [0.15, 0.2) is 39.8 Å². The van der Waals surface area contributed by atoms with E-state index in [1.807, 2.05) is 42.1 Å². The molecule has 1 unspecified atom stereocenters. The van der Waals surface area contributed by atoms with Crippen molar-refractivity contribution in [2.45, 2.75) is 18.7 Å². The van der Waals surface area contributed by atoms with Gasteiger partial charge in [-0.1, -0.05) is 42.0 Å². The molecule has 1 fully saturated rings. The standard InChI is InChI=1S/C17H21N5OS/c1-13-11-18-17(24-13)22-9-7-21(8-10-22)12-15-19-16(23-20-15)14-5-3-2-4-6-14/h2-6,13H,7-12H2,1H3. The van der Waals surface area contributed by atoms with E-state index in [-0.39, 0.29) is 0 Å². The molecule has 126 valence electrons. The molecule has 4 rings (SSSR count). The number of thioether (sulfide) groups is 1. The largest absolute Gasteiger partial charge is 0.349 e. The van der Waals surface area contributed by atoms with Crippen molar-refractivity contribution in [3.8, 4) is 11.5 Å². The fraction of sp³-hybridized carbons (Fsp3) is 0.471. The van der Waals surface area contributed by atoms with Gasteiger partial charge in [-0.15, -0.1) is 0 Å². The van der Waals surface area contributed by atoms with Crippen molar-refractivity contribution in [3.63, 3.8) is 0 Å². The molecule has 0 N–H and O–H groups in total. The Hall–Kier alpha value is -1.86. The minimum atomic E-state index is 0.593. The second-order valence-electron chi connectivity index (χ2n) is 6.20. The fourth-order valence-electron chi connectivity index (χ4n) is 2.95. The Bertz CT molecular complexity index is 709. The molecule has 2 aliphatic heterocycles. The molecule has 1 saturated heterocycles. The van der Waals surface area contributed by atoms with E-state index in [1.54, 1.807) is 0 Å². The summed E-state index contributed by atoms with van der Waals surface area (Å²) in [7, 11) is 0. The number of piperazine rings is 1. The van der Waals surface area contributed by atoms with Crippen LogP contribution in [0, 0.1) is 0 Å². The Balaban J connectivity index is 1.32. The maximum absolute atomic E-state index is 5.39. The molecule has 3 heterocycles. The van der Waals surface area contributed by atoms with Crippen LogP contribution in [0.4, 0.5) is 0 Å². The van der Waals surface area contributed by atoms with Crippen LogP contribution >= 0.6 is 11.8 Å². The number of rotatable bonds is 3. The van der Waals surface area contributed by atoms with Crippen LogP contribution in [0.3, 0.4) is 0 Å². The van der Waals surface area contributed by atoms with Gasteiger partial charge >= 0.3 is 0 Å². The molecule has 0 amide bonds. The van der Waals surface area contributed by atoms with Crippen molar-refractivity contribution < 1.29 is 4.52 Å². The van der Waals surface area contributed by atoms with E-state index in [2.05, 4.69) is 31.9 Å². The number of aromatic nitrogens is 2. The fourth-order valence-corrected chi connectivity index (χ4v) is 3.94. The minimum Gasteiger partial charge on any atom is -0.349 e. The van der Waals surface area contributed by atoms with Crippen LogP contribution in [0.5, 0.6) is 0 Å². The summed E-state index contributed by atoms with van der Waals surface area (Å²) in [5.41, 5.74) is 0.964. The van der Waals surface area contributed by atoms with Crippen LogP contribution < -0.4 is 0 Å². The molecule has 1 aromatic heterocycles. The molecule has 6 nitrogen and oxygen atoms in total. The highest BCUT2D eigenvalue weighted by molar-refractivity contribution is 8.14. The predicted octanol–water partition coefficient (Wildman–Crippen LogP) is 2.35. The van der Waals surface area contributed by atoms with Crippen molar-refractivity contribution in [3.05, 3.63) is 36.2 Å². The Morgan fingerprint density at radius 2 is 1.96 bits per heavy atom. The van der Waals surface area contributed by atoms with Crippen LogP contribution in [0.25, 0.3) is 11.5 Å². The van der Waals surface area contributed by atoms with Crippen LogP contribution in [0.2, 0.25) is 0 Å². The zero-order valence-electron chi connectivity index (χ0n) is 13.8. The van der Waals surface area contributed by atoms with Gasteiger partial charge in [0.2, 0.25) is 0 Å². The topological polar surface area (TPSA) is 57.8 Å². The highest BCUT2D eigenvalue weighted by Gasteiger charge is 2.25. The van der Waals surface area contributed by atoms with E-state index in [1.165, 1.54) is 5.17 Å². The SMILES string of the molecule is CC1CN=C(N2CCN(Cc3noc(-c4ccccc4)n3)CC2)S1. The first-order valence-corrected chi connectivity index (χ1v) is 9.22. The Kier molecular flexibility index (Phi) is 4.53. The first-order valence-electron chi connectivity index (χ1n) is 8.34. The number of benzene rings is 1. The first kappa shape index (κ1) is 15.7. The van der Waals surface area contributed by atoms with Crippen LogP contribution in [-0.4, -0.2) is 63.1 Å². The van der Waals surface area contributed by atoms with Crippen molar-refractivity contribution in [1.29, 1.82) is 0 Å². The Morgan fingerprint density at radius 3 is 2.67 bits per heavy atom. The molecule has 2 aromatic rings. The molecule has 0 bridgehead atoms. The first-order chi connectivity index (χ1) is 11.8. The van der Waals surface area contributed by atoms with Crippen molar-refractivity contribution in [1.82, 2.24) is 19.9 Å². The average molecular weight is 343 g/mol. The summed E-state index contributed by atoms with van der Waals surface area (Å²) in [4.78, 5) is 13.9. The van der Waals surface area contributed by atoms with Gasteiger partial charge in [-0.3, -0.25) is 9.89 Å². The monoisotopic (exact) mass is 343 g/mol. The molecule has 1 aromatic carbocycles. The highest BCUT2D eigenvalue weighted by Crippen LogP contribution is 2.24. The molecule has 0 aliphatic carbocycles. The van der Waals surface area contributed by atoms with Gasteiger partial charge in [-0.25, -0.2) is 0 Å². The third kappa shape index (κ3) is 3.47. The van der Waals surface area contributed by atoms with E-state index >= 15 is 0 Å². The van der Waals surface area contributed by atoms with Gasteiger partial charge < -0.3 is 9.42 Å². The molecule has 24 heavy (non-hydrogen) atoms. The van der Waals surface area contributed by atoms with Crippen molar-refractivity contribution >= 4 is 16.9 Å². The maximum atomic E-state index is 5.39. The lowest BCUT2D eigenvalue weighted by Gasteiger charge is -2.34. The van der Waals surface area contributed by atoms with Crippen LogP contribution in [-0.2, 0) is 6.54 Å². The molecular weight excluding hydrogens is 322 g/mol. The van der Waals surface area contributed by atoms with Crippen LogP contribution in [0.1, 0.15) is 12.7 Å². The van der Waals surface area contributed by atoms with Gasteiger partial charge in [-0.05, 0) is 12.1 Å². The van der Waals surface area contributed by atoms with Crippen molar-refractivity contribution in [2.75, 3.05) is 32.7 Å². The summed E-state index contributed by atoms with van der Waals surface area (Å²) in [5, 5.41) is 5.96. The zero-order valence-corrected chi connectivity index (χ0v) is 14.6. The smallest absolute Gasteiger partial charge is 0.257 e. The van der Waals surface area contributed by atoms with Gasteiger partial charge in [0.1, 0.15) is 0 Å². The molecule has 0 saturated carbocycles. The summed E-state index contributed by atoms with van der Waals surface area (Å²) in [6.45, 7) is 7.96. The lowest BCUT2D eigenvalue weighted by Crippen LogP contribution is -2.47. The van der Waals surface area contributed by atoms with Gasteiger partial charge in [0.15, 0.2) is 11.0 Å². The van der Waals surface area contributed by atoms with E-state index in [0.29, 0.717) is 11.1 Å². The predicted molar refractivity (Wildman–Crippen MR) is 95.9 cm³/mol. The second kappa shape index (κ2) is 6.94. The number of hydrogen-bond acceptors (Lipinski definition) is 7. The third-order valence-corrected chi connectivity index (χ3v) is 5.44. The molecule has 7 heteroatoms. The highest BCUT2D eigenvalue weighted by atomic mass is 32.2. The molecule has 0 spiro atoms. The average Bonchev–Trinajstić information content (AvgIpc) is 3.26. The Labute approximate surface area is 145 Å². The summed E-state index contributed by atoms with van der Waals surface area (Å²) in [5.74, 6) is 1.35. The normalized spacial score (nSPS) is 22.0. The van der Waals surface area contributed by atoms with Gasteiger partial charge in [-0.2, -0.15) is 4.98 Å². The molecular formula is C17H21N5OS. The maximum Gasteiger partial charge on any atom is 0.257 e. The van der Waals surface area contributed by atoms with E-state index in [0.717, 1.165) is 50.7 Å². The summed E-state index contributed by atoms with van der Waals surface area (Å²) in [6, 6.07) is 9.90. The lowest BCUT2D eigenvalue weighted by molar-refractivity contribution is 0.172. The summed E-state index contributed by atoms with van der Waals surface area (Å²) in [6.07, 6.45) is 0. The second-order valence-corrected chi connectivity index (χ2v) is 7.60. The molecule has 0 radical (unpaired) electrons. The number of amidine groups is 1. The quantitative estimate of drug-likeness (QED) is 0.853. The number of nitrogens with zero attached hydrogens (tertiary/aromatic N) is 5. The molecule has 1 atom stereocenters. The Morgan fingerprint density at radius 1 is 1.17 bits per heavy atom.